The molecule has 0 aromatic heterocycles. The summed E-state index contributed by atoms with van der Waals surface area (Å²) >= 11 is 0. The highest BCUT2D eigenvalue weighted by Gasteiger charge is 2.14. The van der Waals surface area contributed by atoms with E-state index in [-0.39, 0.29) is 6.04 Å². The minimum atomic E-state index is -1.05. The molecule has 0 saturated heterocycles. The van der Waals surface area contributed by atoms with Gasteiger partial charge in [0.05, 0.1) is 0 Å². The van der Waals surface area contributed by atoms with Gasteiger partial charge in [-0.1, -0.05) is 0 Å². The molecule has 0 heterocycles. The third-order valence-electron chi connectivity index (χ3n) is 2.16. The second-order valence-corrected chi connectivity index (χ2v) is 3.73. The average molecular weight is 217 g/mol. The predicted molar refractivity (Wildman–Crippen MR) is 56.8 cm³/mol. The van der Waals surface area contributed by atoms with Crippen molar-refractivity contribution in [2.75, 3.05) is 20.6 Å². The number of amides is 2. The fourth-order valence-electron chi connectivity index (χ4n) is 0.732. The summed E-state index contributed by atoms with van der Waals surface area (Å²) < 4.78 is 0. The van der Waals surface area contributed by atoms with Gasteiger partial charge in [-0.15, -0.1) is 0 Å². The fourth-order valence-corrected chi connectivity index (χ4v) is 0.732. The number of hydrogen-bond acceptors (Lipinski definition) is 3. The fraction of sp³-hybridized carbons (Fsp3) is 0.778. The normalized spacial score (nSPS) is 14.5. The quantitative estimate of drug-likeness (QED) is 0.591. The molecule has 0 aromatic carbocycles. The number of urea groups is 1. The van der Waals surface area contributed by atoms with E-state index in [1.54, 1.807) is 0 Å². The van der Waals surface area contributed by atoms with E-state index >= 15 is 0 Å². The first-order chi connectivity index (χ1) is 6.84. The molecule has 6 nitrogen and oxygen atoms in total. The minimum absolute atomic E-state index is 0.205. The van der Waals surface area contributed by atoms with Crippen LogP contribution in [0.2, 0.25) is 0 Å². The van der Waals surface area contributed by atoms with Crippen molar-refractivity contribution in [3.63, 3.8) is 0 Å². The van der Waals surface area contributed by atoms with Crippen LogP contribution < -0.4 is 10.6 Å². The van der Waals surface area contributed by atoms with Crippen molar-refractivity contribution in [2.45, 2.75) is 25.9 Å². The lowest BCUT2D eigenvalue weighted by Gasteiger charge is -2.20. The first kappa shape index (κ1) is 13.7. The summed E-state index contributed by atoms with van der Waals surface area (Å²) in [6.07, 6.45) is 0. The molecule has 0 radical (unpaired) electrons. The summed E-state index contributed by atoms with van der Waals surface area (Å²) in [5, 5.41) is 13.4. The van der Waals surface area contributed by atoms with Gasteiger partial charge in [0.1, 0.15) is 6.04 Å². The van der Waals surface area contributed by atoms with Crippen LogP contribution in [0.25, 0.3) is 0 Å². The van der Waals surface area contributed by atoms with E-state index in [0.717, 1.165) is 0 Å². The van der Waals surface area contributed by atoms with Gasteiger partial charge >= 0.3 is 12.0 Å². The Morgan fingerprint density at radius 3 is 2.27 bits per heavy atom. The smallest absolute Gasteiger partial charge is 0.325 e. The number of rotatable bonds is 5. The molecule has 0 aliphatic carbocycles. The molecule has 1 unspecified atom stereocenters. The Bertz CT molecular complexity index is 231. The van der Waals surface area contributed by atoms with E-state index in [1.165, 1.54) is 6.92 Å². The van der Waals surface area contributed by atoms with Crippen LogP contribution in [-0.2, 0) is 4.79 Å². The summed E-state index contributed by atoms with van der Waals surface area (Å²) in [4.78, 5) is 23.6. The van der Waals surface area contributed by atoms with Crippen molar-refractivity contribution in [1.82, 2.24) is 15.5 Å². The maximum Gasteiger partial charge on any atom is 0.325 e. The van der Waals surface area contributed by atoms with Crippen LogP contribution >= 0.6 is 0 Å². The number of carbonyl (C=O) groups is 2. The van der Waals surface area contributed by atoms with Gasteiger partial charge < -0.3 is 20.6 Å². The average Bonchev–Trinajstić information content (AvgIpc) is 2.13. The Kier molecular flexibility index (Phi) is 5.69. The van der Waals surface area contributed by atoms with E-state index in [0.29, 0.717) is 6.54 Å². The maximum absolute atomic E-state index is 11.2. The molecule has 0 bridgehead atoms. The highest BCUT2D eigenvalue weighted by Crippen LogP contribution is 1.88. The standard InChI is InChI=1S/C9H19N3O3/c1-6(12(3)4)5-10-9(15)11-7(2)8(13)14/h6-7H,5H2,1-4H3,(H,13,14)(H2,10,11,15)/t6?,7-/m1/s1. The zero-order valence-electron chi connectivity index (χ0n) is 9.57. The van der Waals surface area contributed by atoms with Crippen molar-refractivity contribution in [1.29, 1.82) is 0 Å². The van der Waals surface area contributed by atoms with Crippen LogP contribution in [0.5, 0.6) is 0 Å². The number of carboxylic acid groups (broad SMARTS) is 1. The SMILES string of the molecule is CC(CNC(=O)N[C@H](C)C(=O)O)N(C)C. The first-order valence-corrected chi connectivity index (χ1v) is 4.78. The van der Waals surface area contributed by atoms with Crippen LogP contribution in [0.1, 0.15) is 13.8 Å². The number of nitrogens with one attached hydrogen (secondary N) is 2. The number of hydrogen-bond donors (Lipinski definition) is 3. The molecular formula is C9H19N3O3. The molecule has 2 atom stereocenters. The molecule has 15 heavy (non-hydrogen) atoms. The van der Waals surface area contributed by atoms with Gasteiger partial charge in [0.2, 0.25) is 0 Å². The monoisotopic (exact) mass is 217 g/mol. The van der Waals surface area contributed by atoms with Crippen LogP contribution in [0.3, 0.4) is 0 Å². The van der Waals surface area contributed by atoms with Crippen molar-refractivity contribution in [3.8, 4) is 0 Å². The van der Waals surface area contributed by atoms with Gasteiger partial charge in [0, 0.05) is 12.6 Å². The van der Waals surface area contributed by atoms with Crippen molar-refractivity contribution in [3.05, 3.63) is 0 Å². The number of likely N-dealkylation sites (N-methyl/N-ethyl adjacent to an activating group) is 1. The molecule has 88 valence electrons. The number of nitrogens with zero attached hydrogens (tertiary/aromatic N) is 1. The molecule has 0 aliphatic rings. The minimum Gasteiger partial charge on any atom is -0.480 e. The molecule has 0 saturated carbocycles. The third kappa shape index (κ3) is 5.90. The van der Waals surface area contributed by atoms with Gasteiger partial charge in [0.25, 0.3) is 0 Å². The second-order valence-electron chi connectivity index (χ2n) is 3.73. The number of aliphatic carboxylic acids is 1. The van der Waals surface area contributed by atoms with Crippen molar-refractivity contribution < 1.29 is 14.7 Å². The summed E-state index contributed by atoms with van der Waals surface area (Å²) in [5.41, 5.74) is 0. The van der Waals surface area contributed by atoms with Crippen molar-refractivity contribution in [2.24, 2.45) is 0 Å². The summed E-state index contributed by atoms with van der Waals surface area (Å²) in [6.45, 7) is 3.85. The number of carbonyl (C=O) groups excluding carboxylic acids is 1. The molecule has 3 N–H and O–H groups in total. The Morgan fingerprint density at radius 2 is 1.87 bits per heavy atom. The van der Waals surface area contributed by atoms with Gasteiger partial charge in [-0.05, 0) is 27.9 Å². The Morgan fingerprint density at radius 1 is 1.33 bits per heavy atom. The van der Waals surface area contributed by atoms with E-state index in [1.807, 2.05) is 25.9 Å². The zero-order chi connectivity index (χ0) is 12.0. The summed E-state index contributed by atoms with van der Waals surface area (Å²) in [5.74, 6) is -1.05. The van der Waals surface area contributed by atoms with E-state index in [2.05, 4.69) is 10.6 Å². The largest absolute Gasteiger partial charge is 0.480 e. The highest BCUT2D eigenvalue weighted by molar-refractivity contribution is 5.82. The lowest BCUT2D eigenvalue weighted by atomic mass is 10.3. The Hall–Kier alpha value is -1.30. The van der Waals surface area contributed by atoms with Crippen LogP contribution in [0.4, 0.5) is 4.79 Å². The third-order valence-corrected chi connectivity index (χ3v) is 2.16. The van der Waals surface area contributed by atoms with Crippen LogP contribution in [0, 0.1) is 0 Å². The van der Waals surface area contributed by atoms with Gasteiger partial charge in [-0.2, -0.15) is 0 Å². The lowest BCUT2D eigenvalue weighted by molar-refractivity contribution is -0.138. The maximum atomic E-state index is 11.2. The molecule has 0 aromatic rings. The number of carboxylic acids is 1. The molecule has 0 spiro atoms. The Labute approximate surface area is 89.6 Å². The predicted octanol–water partition coefficient (Wildman–Crippen LogP) is -0.291. The van der Waals surface area contributed by atoms with Gasteiger partial charge in [-0.25, -0.2) is 4.79 Å². The highest BCUT2D eigenvalue weighted by atomic mass is 16.4. The lowest BCUT2D eigenvalue weighted by Crippen LogP contribution is -2.47. The van der Waals surface area contributed by atoms with Crippen LogP contribution in [0.15, 0.2) is 0 Å². The van der Waals surface area contributed by atoms with E-state index < -0.39 is 18.0 Å². The van der Waals surface area contributed by atoms with E-state index in [9.17, 15) is 9.59 Å². The van der Waals surface area contributed by atoms with E-state index in [4.69, 9.17) is 5.11 Å². The molecule has 0 rings (SSSR count). The topological polar surface area (TPSA) is 81.7 Å². The second kappa shape index (κ2) is 6.23. The Balaban J connectivity index is 3.80. The molecular weight excluding hydrogens is 198 g/mol. The molecule has 0 fully saturated rings. The molecule has 6 heteroatoms. The molecule has 0 aliphatic heterocycles. The summed E-state index contributed by atoms with van der Waals surface area (Å²) in [7, 11) is 3.81. The first-order valence-electron chi connectivity index (χ1n) is 4.78. The van der Waals surface area contributed by atoms with Gasteiger partial charge in [-0.3, -0.25) is 4.79 Å². The van der Waals surface area contributed by atoms with Gasteiger partial charge in [0.15, 0.2) is 0 Å². The summed E-state index contributed by atoms with van der Waals surface area (Å²) in [6, 6.07) is -1.13. The molecule has 2 amide bonds. The van der Waals surface area contributed by atoms with Crippen molar-refractivity contribution >= 4 is 12.0 Å². The zero-order valence-corrected chi connectivity index (χ0v) is 9.57. The van der Waals surface area contributed by atoms with Crippen LogP contribution in [-0.4, -0.2) is 54.7 Å².